The molecule has 0 bridgehead atoms. The number of benzene rings is 1. The van der Waals surface area contributed by atoms with Gasteiger partial charge in [-0.05, 0) is 26.0 Å². The van der Waals surface area contributed by atoms with Gasteiger partial charge in [-0.15, -0.1) is 0 Å². The lowest BCUT2D eigenvalue weighted by atomic mass is 10.0. The number of hydrogen-bond acceptors (Lipinski definition) is 4. The first kappa shape index (κ1) is 11.6. The molecular weight excluding hydrogens is 220 g/mol. The van der Waals surface area contributed by atoms with Crippen LogP contribution in [-0.2, 0) is 14.3 Å². The summed E-state index contributed by atoms with van der Waals surface area (Å²) in [6.45, 7) is 3.47. The fraction of sp³-hybridized carbons (Fsp3) is 0.385. The number of ether oxygens (including phenoxy) is 2. The number of carbonyl (C=O) groups excluding carboxylic acids is 2. The Kier molecular flexibility index (Phi) is 2.88. The monoisotopic (exact) mass is 234 g/mol. The zero-order chi connectivity index (χ0) is 12.5. The van der Waals surface area contributed by atoms with Crippen molar-refractivity contribution < 1.29 is 19.1 Å². The third-order valence-electron chi connectivity index (χ3n) is 2.76. The van der Waals surface area contributed by atoms with E-state index in [1.807, 2.05) is 6.07 Å². The van der Waals surface area contributed by atoms with Crippen molar-refractivity contribution in [1.29, 1.82) is 0 Å². The zero-order valence-electron chi connectivity index (χ0n) is 9.80. The SMILES string of the molecule is CC1(C)OC(=O)C[C@@H]1OC(=O)c1ccccc1. The van der Waals surface area contributed by atoms with Crippen LogP contribution in [0.3, 0.4) is 0 Å². The molecule has 0 saturated carbocycles. The van der Waals surface area contributed by atoms with E-state index in [2.05, 4.69) is 0 Å². The Morgan fingerprint density at radius 2 is 2.00 bits per heavy atom. The smallest absolute Gasteiger partial charge is 0.338 e. The second-order valence-corrected chi connectivity index (χ2v) is 4.54. The van der Waals surface area contributed by atoms with E-state index in [1.54, 1.807) is 38.1 Å². The lowest BCUT2D eigenvalue weighted by Crippen LogP contribution is -2.35. The van der Waals surface area contributed by atoms with E-state index < -0.39 is 17.7 Å². The molecule has 0 spiro atoms. The molecule has 1 fully saturated rings. The molecule has 1 heterocycles. The molecule has 0 aromatic heterocycles. The average Bonchev–Trinajstić information content (AvgIpc) is 2.53. The van der Waals surface area contributed by atoms with E-state index in [1.165, 1.54) is 0 Å². The van der Waals surface area contributed by atoms with Crippen LogP contribution in [0.5, 0.6) is 0 Å². The second-order valence-electron chi connectivity index (χ2n) is 4.54. The van der Waals surface area contributed by atoms with Gasteiger partial charge in [0.25, 0.3) is 0 Å². The Morgan fingerprint density at radius 1 is 1.35 bits per heavy atom. The summed E-state index contributed by atoms with van der Waals surface area (Å²) in [7, 11) is 0. The van der Waals surface area contributed by atoms with Gasteiger partial charge < -0.3 is 9.47 Å². The number of rotatable bonds is 2. The van der Waals surface area contributed by atoms with E-state index >= 15 is 0 Å². The van der Waals surface area contributed by atoms with Gasteiger partial charge in [-0.1, -0.05) is 18.2 Å². The average molecular weight is 234 g/mol. The van der Waals surface area contributed by atoms with Gasteiger partial charge in [-0.25, -0.2) is 4.79 Å². The van der Waals surface area contributed by atoms with Crippen LogP contribution in [0.1, 0.15) is 30.6 Å². The predicted octanol–water partition coefficient (Wildman–Crippen LogP) is 1.94. The number of hydrogen-bond donors (Lipinski definition) is 0. The molecule has 0 unspecified atom stereocenters. The van der Waals surface area contributed by atoms with Gasteiger partial charge in [0.1, 0.15) is 5.60 Å². The van der Waals surface area contributed by atoms with Crippen molar-refractivity contribution in [2.45, 2.75) is 32.0 Å². The normalized spacial score (nSPS) is 22.0. The summed E-state index contributed by atoms with van der Waals surface area (Å²) in [4.78, 5) is 23.0. The molecule has 1 aliphatic heterocycles. The van der Waals surface area contributed by atoms with Crippen molar-refractivity contribution in [1.82, 2.24) is 0 Å². The molecule has 1 atom stereocenters. The van der Waals surface area contributed by atoms with Gasteiger partial charge in [-0.3, -0.25) is 4.79 Å². The third-order valence-corrected chi connectivity index (χ3v) is 2.76. The zero-order valence-corrected chi connectivity index (χ0v) is 9.80. The van der Waals surface area contributed by atoms with Crippen molar-refractivity contribution in [2.24, 2.45) is 0 Å². The first-order valence-corrected chi connectivity index (χ1v) is 5.47. The van der Waals surface area contributed by atoms with E-state index in [9.17, 15) is 9.59 Å². The van der Waals surface area contributed by atoms with Crippen LogP contribution < -0.4 is 0 Å². The maximum Gasteiger partial charge on any atom is 0.338 e. The van der Waals surface area contributed by atoms with Crippen LogP contribution in [0.2, 0.25) is 0 Å². The minimum atomic E-state index is -0.748. The largest absolute Gasteiger partial charge is 0.456 e. The Balaban J connectivity index is 2.07. The number of cyclic esters (lactones) is 1. The highest BCUT2D eigenvalue weighted by molar-refractivity contribution is 5.89. The quantitative estimate of drug-likeness (QED) is 0.734. The van der Waals surface area contributed by atoms with Crippen molar-refractivity contribution in [3.05, 3.63) is 35.9 Å². The van der Waals surface area contributed by atoms with Gasteiger partial charge in [-0.2, -0.15) is 0 Å². The molecule has 4 nitrogen and oxygen atoms in total. The molecule has 90 valence electrons. The molecule has 1 saturated heterocycles. The van der Waals surface area contributed by atoms with Gasteiger partial charge >= 0.3 is 11.9 Å². The summed E-state index contributed by atoms with van der Waals surface area (Å²) >= 11 is 0. The molecule has 1 aliphatic rings. The van der Waals surface area contributed by atoms with Crippen molar-refractivity contribution in [2.75, 3.05) is 0 Å². The third kappa shape index (κ3) is 2.46. The van der Waals surface area contributed by atoms with Crippen molar-refractivity contribution >= 4 is 11.9 Å². The van der Waals surface area contributed by atoms with Crippen LogP contribution in [0.4, 0.5) is 0 Å². The Labute approximate surface area is 99.5 Å². The van der Waals surface area contributed by atoms with Crippen LogP contribution in [0.15, 0.2) is 30.3 Å². The Bertz CT molecular complexity index is 436. The van der Waals surface area contributed by atoms with E-state index in [-0.39, 0.29) is 12.4 Å². The molecule has 0 radical (unpaired) electrons. The van der Waals surface area contributed by atoms with E-state index in [0.29, 0.717) is 5.56 Å². The lowest BCUT2D eigenvalue weighted by molar-refractivity contribution is -0.147. The number of esters is 2. The van der Waals surface area contributed by atoms with Gasteiger partial charge in [0.05, 0.1) is 12.0 Å². The molecule has 4 heteroatoms. The molecule has 0 amide bonds. The fourth-order valence-electron chi connectivity index (χ4n) is 1.75. The highest BCUT2D eigenvalue weighted by Gasteiger charge is 2.44. The Hall–Kier alpha value is -1.84. The van der Waals surface area contributed by atoms with Crippen LogP contribution in [0, 0.1) is 0 Å². The maximum absolute atomic E-state index is 11.8. The van der Waals surface area contributed by atoms with Crippen LogP contribution in [-0.4, -0.2) is 23.6 Å². The molecule has 0 aliphatic carbocycles. The minimum absolute atomic E-state index is 0.117. The van der Waals surface area contributed by atoms with E-state index in [4.69, 9.17) is 9.47 Å². The lowest BCUT2D eigenvalue weighted by Gasteiger charge is -2.24. The van der Waals surface area contributed by atoms with Gasteiger partial charge in [0, 0.05) is 0 Å². The predicted molar refractivity (Wildman–Crippen MR) is 60.4 cm³/mol. The van der Waals surface area contributed by atoms with Crippen molar-refractivity contribution in [3.8, 4) is 0 Å². The van der Waals surface area contributed by atoms with Crippen molar-refractivity contribution in [3.63, 3.8) is 0 Å². The summed E-state index contributed by atoms with van der Waals surface area (Å²) in [5.41, 5.74) is -0.274. The first-order chi connectivity index (χ1) is 7.99. The van der Waals surface area contributed by atoms with Gasteiger partial charge in [0.2, 0.25) is 0 Å². The summed E-state index contributed by atoms with van der Waals surface area (Å²) in [6.07, 6.45) is -0.409. The minimum Gasteiger partial charge on any atom is -0.456 e. The highest BCUT2D eigenvalue weighted by Crippen LogP contribution is 2.29. The molecule has 2 rings (SSSR count). The molecular formula is C13H14O4. The van der Waals surface area contributed by atoms with Crippen LogP contribution in [0.25, 0.3) is 0 Å². The topological polar surface area (TPSA) is 52.6 Å². The summed E-state index contributed by atoms with van der Waals surface area (Å²) in [6, 6.07) is 8.69. The van der Waals surface area contributed by atoms with Gasteiger partial charge in [0.15, 0.2) is 6.10 Å². The summed E-state index contributed by atoms with van der Waals surface area (Å²) in [5.74, 6) is -0.761. The fourth-order valence-corrected chi connectivity index (χ4v) is 1.75. The molecule has 17 heavy (non-hydrogen) atoms. The molecule has 0 N–H and O–H groups in total. The Morgan fingerprint density at radius 3 is 2.53 bits per heavy atom. The molecule has 1 aromatic carbocycles. The summed E-state index contributed by atoms with van der Waals surface area (Å²) < 4.78 is 10.4. The summed E-state index contributed by atoms with van der Waals surface area (Å²) in [5, 5.41) is 0. The first-order valence-electron chi connectivity index (χ1n) is 5.47. The van der Waals surface area contributed by atoms with Crippen LogP contribution >= 0.6 is 0 Å². The second kappa shape index (κ2) is 4.20. The highest BCUT2D eigenvalue weighted by atomic mass is 16.6. The van der Waals surface area contributed by atoms with E-state index in [0.717, 1.165) is 0 Å². The standard InChI is InChI=1S/C13H14O4/c1-13(2)10(8-11(14)17-13)16-12(15)9-6-4-3-5-7-9/h3-7,10H,8H2,1-2H3/t10-/m0/s1. The maximum atomic E-state index is 11.8. The molecule has 1 aromatic rings. The number of carbonyl (C=O) groups is 2.